The molecule has 0 saturated heterocycles. The molecule has 0 aliphatic heterocycles. The first-order chi connectivity index (χ1) is 7.84. The third-order valence-electron chi connectivity index (χ3n) is 2.67. The first-order valence-electron chi connectivity index (χ1n) is 5.10. The van der Waals surface area contributed by atoms with Gasteiger partial charge in [-0.15, -0.1) is 11.3 Å². The summed E-state index contributed by atoms with van der Waals surface area (Å²) in [5.41, 5.74) is 1.95. The van der Waals surface area contributed by atoms with Crippen LogP contribution in [0, 0.1) is 0 Å². The number of thiophene rings is 1. The third kappa shape index (κ3) is 1.48. The van der Waals surface area contributed by atoms with Crippen molar-refractivity contribution in [1.82, 2.24) is 0 Å². The topological polar surface area (TPSA) is 20.2 Å². The molecule has 1 aromatic heterocycles. The van der Waals surface area contributed by atoms with Gasteiger partial charge in [0, 0.05) is 10.3 Å². The summed E-state index contributed by atoms with van der Waals surface area (Å²) in [4.78, 5) is 0. The van der Waals surface area contributed by atoms with Crippen molar-refractivity contribution in [1.29, 1.82) is 0 Å². The first-order valence-corrected chi connectivity index (χ1v) is 5.98. The van der Waals surface area contributed by atoms with Crippen molar-refractivity contribution in [2.45, 2.75) is 0 Å². The minimum Gasteiger partial charge on any atom is -0.507 e. The zero-order valence-electron chi connectivity index (χ0n) is 8.55. The van der Waals surface area contributed by atoms with Crippen LogP contribution in [0.25, 0.3) is 21.2 Å². The van der Waals surface area contributed by atoms with Gasteiger partial charge in [0.1, 0.15) is 5.75 Å². The fourth-order valence-electron chi connectivity index (χ4n) is 1.84. The largest absolute Gasteiger partial charge is 0.507 e. The van der Waals surface area contributed by atoms with Crippen LogP contribution >= 0.6 is 11.3 Å². The molecule has 0 radical (unpaired) electrons. The molecule has 0 aliphatic rings. The Bertz CT molecular complexity index is 640. The lowest BCUT2D eigenvalue weighted by Crippen LogP contribution is -1.77. The minimum atomic E-state index is 0.332. The Morgan fingerprint density at radius 2 is 1.81 bits per heavy atom. The zero-order valence-corrected chi connectivity index (χ0v) is 9.37. The van der Waals surface area contributed by atoms with Gasteiger partial charge in [0.05, 0.1) is 0 Å². The van der Waals surface area contributed by atoms with Crippen LogP contribution in [-0.2, 0) is 0 Å². The molecule has 3 rings (SSSR count). The summed E-state index contributed by atoms with van der Waals surface area (Å²) in [6.45, 7) is 0. The molecule has 0 saturated carbocycles. The lowest BCUT2D eigenvalue weighted by atomic mass is 10.0. The van der Waals surface area contributed by atoms with Gasteiger partial charge in [0.15, 0.2) is 0 Å². The van der Waals surface area contributed by atoms with Crippen LogP contribution in [0.1, 0.15) is 0 Å². The van der Waals surface area contributed by atoms with Gasteiger partial charge in [-0.05, 0) is 34.5 Å². The molecule has 0 unspecified atom stereocenters. The highest BCUT2D eigenvalue weighted by Gasteiger charge is 2.04. The van der Waals surface area contributed by atoms with Crippen LogP contribution < -0.4 is 0 Å². The second-order valence-corrected chi connectivity index (χ2v) is 4.64. The van der Waals surface area contributed by atoms with Crippen molar-refractivity contribution in [2.75, 3.05) is 0 Å². The van der Waals surface area contributed by atoms with Crippen LogP contribution in [0.4, 0.5) is 0 Å². The fourth-order valence-corrected chi connectivity index (χ4v) is 2.67. The molecule has 78 valence electrons. The quantitative estimate of drug-likeness (QED) is 0.656. The van der Waals surface area contributed by atoms with Gasteiger partial charge < -0.3 is 5.11 Å². The van der Waals surface area contributed by atoms with E-state index in [1.807, 2.05) is 24.3 Å². The smallest absolute Gasteiger partial charge is 0.123 e. The summed E-state index contributed by atoms with van der Waals surface area (Å²) in [6.07, 6.45) is 0. The minimum absolute atomic E-state index is 0.332. The Morgan fingerprint density at radius 3 is 2.69 bits per heavy atom. The van der Waals surface area contributed by atoms with Gasteiger partial charge in [-0.1, -0.05) is 30.3 Å². The fraction of sp³-hybridized carbons (Fsp3) is 0. The highest BCUT2D eigenvalue weighted by atomic mass is 32.1. The molecule has 0 atom stereocenters. The number of hydrogen-bond acceptors (Lipinski definition) is 2. The molecule has 0 bridgehead atoms. The molecule has 1 nitrogen and oxygen atoms in total. The maximum absolute atomic E-state index is 9.79. The van der Waals surface area contributed by atoms with Gasteiger partial charge in [-0.25, -0.2) is 0 Å². The normalized spacial score (nSPS) is 10.8. The maximum Gasteiger partial charge on any atom is 0.123 e. The van der Waals surface area contributed by atoms with E-state index in [1.54, 1.807) is 17.4 Å². The summed E-state index contributed by atoms with van der Waals surface area (Å²) in [5.74, 6) is 0.332. The second-order valence-electron chi connectivity index (χ2n) is 3.69. The predicted molar refractivity (Wildman–Crippen MR) is 68.9 cm³/mol. The van der Waals surface area contributed by atoms with E-state index in [0.29, 0.717) is 5.75 Å². The molecular weight excluding hydrogens is 216 g/mol. The van der Waals surface area contributed by atoms with Crippen molar-refractivity contribution in [3.63, 3.8) is 0 Å². The van der Waals surface area contributed by atoms with Crippen molar-refractivity contribution in [2.24, 2.45) is 0 Å². The molecule has 0 aliphatic carbocycles. The predicted octanol–water partition coefficient (Wildman–Crippen LogP) is 4.27. The number of phenols is 1. The summed E-state index contributed by atoms with van der Waals surface area (Å²) in [7, 11) is 0. The van der Waals surface area contributed by atoms with Crippen LogP contribution in [0.2, 0.25) is 0 Å². The molecule has 3 aromatic rings. The number of phenolic OH excluding ortho intramolecular Hbond substituents is 1. The summed E-state index contributed by atoms with van der Waals surface area (Å²) in [5, 5.41) is 13.1. The highest BCUT2D eigenvalue weighted by molar-refractivity contribution is 7.17. The average Bonchev–Trinajstić information content (AvgIpc) is 2.76. The van der Waals surface area contributed by atoms with Crippen molar-refractivity contribution < 1.29 is 5.11 Å². The van der Waals surface area contributed by atoms with Crippen LogP contribution in [0.15, 0.2) is 53.9 Å². The number of para-hydroxylation sites is 1. The lowest BCUT2D eigenvalue weighted by Gasteiger charge is -2.04. The monoisotopic (exact) mass is 226 g/mol. The van der Waals surface area contributed by atoms with Crippen molar-refractivity contribution >= 4 is 21.4 Å². The van der Waals surface area contributed by atoms with E-state index in [9.17, 15) is 5.11 Å². The SMILES string of the molecule is Oc1ccccc1-c1ccc2ccsc2c1. The van der Waals surface area contributed by atoms with E-state index in [-0.39, 0.29) is 0 Å². The Kier molecular flexibility index (Phi) is 2.15. The summed E-state index contributed by atoms with van der Waals surface area (Å²) in [6, 6.07) is 15.8. The molecule has 1 N–H and O–H groups in total. The van der Waals surface area contributed by atoms with Crippen LogP contribution in [0.5, 0.6) is 5.75 Å². The Labute approximate surface area is 97.6 Å². The van der Waals surface area contributed by atoms with E-state index in [1.165, 1.54) is 10.1 Å². The number of fused-ring (bicyclic) bond motifs is 1. The number of rotatable bonds is 1. The van der Waals surface area contributed by atoms with E-state index in [4.69, 9.17) is 0 Å². The molecule has 1 heterocycles. The molecular formula is C14H10OS. The lowest BCUT2D eigenvalue weighted by molar-refractivity contribution is 0.477. The molecule has 0 amide bonds. The van der Waals surface area contributed by atoms with Crippen LogP contribution in [0.3, 0.4) is 0 Å². The first kappa shape index (κ1) is 9.43. The Morgan fingerprint density at radius 1 is 0.938 bits per heavy atom. The maximum atomic E-state index is 9.79. The van der Waals surface area contributed by atoms with E-state index in [0.717, 1.165) is 11.1 Å². The Balaban J connectivity index is 2.22. The molecule has 2 heteroatoms. The van der Waals surface area contributed by atoms with Crippen molar-refractivity contribution in [3.05, 3.63) is 53.9 Å². The summed E-state index contributed by atoms with van der Waals surface area (Å²) < 4.78 is 1.25. The highest BCUT2D eigenvalue weighted by Crippen LogP contribution is 2.32. The number of benzene rings is 2. The third-order valence-corrected chi connectivity index (χ3v) is 3.55. The standard InChI is InChI=1S/C14H10OS/c15-13-4-2-1-3-12(13)11-6-5-10-7-8-16-14(10)9-11/h1-9,15H. The second kappa shape index (κ2) is 3.65. The van der Waals surface area contributed by atoms with Crippen molar-refractivity contribution in [3.8, 4) is 16.9 Å². The Hall–Kier alpha value is -1.80. The van der Waals surface area contributed by atoms with E-state index < -0.39 is 0 Å². The zero-order chi connectivity index (χ0) is 11.0. The van der Waals surface area contributed by atoms with E-state index >= 15 is 0 Å². The molecule has 0 spiro atoms. The van der Waals surface area contributed by atoms with Gasteiger partial charge in [-0.3, -0.25) is 0 Å². The molecule has 2 aromatic carbocycles. The van der Waals surface area contributed by atoms with Gasteiger partial charge in [0.25, 0.3) is 0 Å². The summed E-state index contributed by atoms with van der Waals surface area (Å²) >= 11 is 1.72. The van der Waals surface area contributed by atoms with Gasteiger partial charge in [-0.2, -0.15) is 0 Å². The molecule has 16 heavy (non-hydrogen) atoms. The number of aromatic hydroxyl groups is 1. The molecule has 0 fully saturated rings. The average molecular weight is 226 g/mol. The van der Waals surface area contributed by atoms with Gasteiger partial charge in [0.2, 0.25) is 0 Å². The number of hydrogen-bond donors (Lipinski definition) is 1. The van der Waals surface area contributed by atoms with Gasteiger partial charge >= 0.3 is 0 Å². The van der Waals surface area contributed by atoms with E-state index in [2.05, 4.69) is 23.6 Å². The van der Waals surface area contributed by atoms with Crippen LogP contribution in [-0.4, -0.2) is 5.11 Å².